The molecule has 1 aliphatic rings. The van der Waals surface area contributed by atoms with Gasteiger partial charge >= 0.3 is 5.69 Å². The number of aromatic nitrogens is 2. The molecule has 8 heteroatoms. The van der Waals surface area contributed by atoms with Crippen LogP contribution in [0.15, 0.2) is 6.33 Å². The molecule has 0 aliphatic carbocycles. The molecule has 0 unspecified atom stereocenters. The molecule has 1 saturated heterocycles. The predicted molar refractivity (Wildman–Crippen MR) is 75.1 cm³/mol. The molecule has 0 saturated carbocycles. The van der Waals surface area contributed by atoms with E-state index in [2.05, 4.69) is 15.3 Å². The molecule has 8 nitrogen and oxygen atoms in total. The monoisotopic (exact) mass is 281 g/mol. The van der Waals surface area contributed by atoms with Crippen molar-refractivity contribution in [1.29, 1.82) is 0 Å². The van der Waals surface area contributed by atoms with Crippen molar-refractivity contribution in [1.82, 2.24) is 9.97 Å². The minimum absolute atomic E-state index is 0.0664. The molecule has 1 aliphatic heterocycles. The van der Waals surface area contributed by atoms with Gasteiger partial charge in [0.1, 0.15) is 6.33 Å². The molecule has 20 heavy (non-hydrogen) atoms. The second-order valence-electron chi connectivity index (χ2n) is 4.64. The van der Waals surface area contributed by atoms with Gasteiger partial charge in [-0.3, -0.25) is 10.1 Å². The van der Waals surface area contributed by atoms with Gasteiger partial charge in [-0.15, -0.1) is 0 Å². The number of rotatable bonds is 5. The molecule has 0 bridgehead atoms. The summed E-state index contributed by atoms with van der Waals surface area (Å²) in [7, 11) is 1.83. The van der Waals surface area contributed by atoms with Gasteiger partial charge in [0.15, 0.2) is 0 Å². The zero-order valence-electron chi connectivity index (χ0n) is 11.7. The molecule has 1 aromatic heterocycles. The first-order valence-corrected chi connectivity index (χ1v) is 6.69. The predicted octanol–water partition coefficient (Wildman–Crippen LogP) is 1.43. The average molecular weight is 281 g/mol. The van der Waals surface area contributed by atoms with Crippen LogP contribution in [0.25, 0.3) is 0 Å². The van der Waals surface area contributed by atoms with Crippen LogP contribution in [0.2, 0.25) is 0 Å². The van der Waals surface area contributed by atoms with Gasteiger partial charge in [-0.1, -0.05) is 0 Å². The molecule has 1 N–H and O–H groups in total. The van der Waals surface area contributed by atoms with Crippen molar-refractivity contribution in [2.24, 2.45) is 0 Å². The van der Waals surface area contributed by atoms with Gasteiger partial charge in [0.2, 0.25) is 11.6 Å². The van der Waals surface area contributed by atoms with Crippen molar-refractivity contribution in [3.8, 4) is 0 Å². The lowest BCUT2D eigenvalue weighted by Gasteiger charge is -2.31. The maximum atomic E-state index is 11.3. The van der Waals surface area contributed by atoms with E-state index in [4.69, 9.17) is 4.74 Å². The molecule has 0 amide bonds. The van der Waals surface area contributed by atoms with E-state index < -0.39 is 4.92 Å². The van der Waals surface area contributed by atoms with E-state index in [9.17, 15) is 10.1 Å². The number of hydrogen-bond acceptors (Lipinski definition) is 7. The van der Waals surface area contributed by atoms with E-state index in [1.165, 1.54) is 6.33 Å². The standard InChI is InChI=1S/C12H19N5O3/c1-3-13-11-10(17(18)19)12(15-8-14-11)16(2)9-4-6-20-7-5-9/h8-9H,3-7H2,1-2H3,(H,13,14,15). The molecular formula is C12H19N5O3. The molecule has 0 spiro atoms. The maximum absolute atomic E-state index is 11.3. The summed E-state index contributed by atoms with van der Waals surface area (Å²) in [4.78, 5) is 20.8. The first-order chi connectivity index (χ1) is 9.65. The summed E-state index contributed by atoms with van der Waals surface area (Å²) in [6, 6.07) is 0.201. The van der Waals surface area contributed by atoms with E-state index >= 15 is 0 Å². The maximum Gasteiger partial charge on any atom is 0.353 e. The molecule has 1 fully saturated rings. The van der Waals surface area contributed by atoms with Crippen LogP contribution >= 0.6 is 0 Å². The Bertz CT molecular complexity index is 476. The van der Waals surface area contributed by atoms with Crippen LogP contribution in [0, 0.1) is 10.1 Å². The lowest BCUT2D eigenvalue weighted by atomic mass is 10.1. The lowest BCUT2D eigenvalue weighted by molar-refractivity contribution is -0.383. The fourth-order valence-electron chi connectivity index (χ4n) is 2.34. The van der Waals surface area contributed by atoms with Gasteiger partial charge in [-0.2, -0.15) is 0 Å². The average Bonchev–Trinajstić information content (AvgIpc) is 2.47. The van der Waals surface area contributed by atoms with Gasteiger partial charge < -0.3 is 15.0 Å². The Morgan fingerprint density at radius 1 is 1.50 bits per heavy atom. The van der Waals surface area contributed by atoms with Crippen LogP contribution in [0.4, 0.5) is 17.3 Å². The summed E-state index contributed by atoms with van der Waals surface area (Å²) < 4.78 is 5.32. The number of nitro groups is 1. The largest absolute Gasteiger partial charge is 0.381 e. The van der Waals surface area contributed by atoms with Gasteiger partial charge in [-0.25, -0.2) is 9.97 Å². The van der Waals surface area contributed by atoms with Crippen molar-refractivity contribution in [3.63, 3.8) is 0 Å². The molecule has 0 radical (unpaired) electrons. The van der Waals surface area contributed by atoms with Gasteiger partial charge in [0.25, 0.3) is 0 Å². The molecule has 2 heterocycles. The van der Waals surface area contributed by atoms with Crippen LogP contribution in [-0.2, 0) is 4.74 Å². The molecule has 0 atom stereocenters. The Labute approximate surface area is 117 Å². The second kappa shape index (κ2) is 6.47. The third-order valence-electron chi connectivity index (χ3n) is 3.40. The normalized spacial score (nSPS) is 15.9. The lowest BCUT2D eigenvalue weighted by Crippen LogP contribution is -2.37. The molecule has 2 rings (SSSR count). The van der Waals surface area contributed by atoms with Gasteiger partial charge in [0.05, 0.1) is 4.92 Å². The van der Waals surface area contributed by atoms with Crippen molar-refractivity contribution < 1.29 is 9.66 Å². The van der Waals surface area contributed by atoms with Gasteiger partial charge in [-0.05, 0) is 19.8 Å². The second-order valence-corrected chi connectivity index (χ2v) is 4.64. The highest BCUT2D eigenvalue weighted by molar-refractivity contribution is 5.70. The van der Waals surface area contributed by atoms with E-state index in [1.54, 1.807) is 0 Å². The first-order valence-electron chi connectivity index (χ1n) is 6.69. The van der Waals surface area contributed by atoms with Gasteiger partial charge in [0, 0.05) is 32.8 Å². The van der Waals surface area contributed by atoms with Crippen LogP contribution in [0.1, 0.15) is 19.8 Å². The van der Waals surface area contributed by atoms with Crippen LogP contribution < -0.4 is 10.2 Å². The fourth-order valence-corrected chi connectivity index (χ4v) is 2.34. The highest BCUT2D eigenvalue weighted by Crippen LogP contribution is 2.33. The zero-order chi connectivity index (χ0) is 14.5. The number of anilines is 2. The highest BCUT2D eigenvalue weighted by atomic mass is 16.6. The summed E-state index contributed by atoms with van der Waals surface area (Å²) in [6.45, 7) is 3.79. The fraction of sp³-hybridized carbons (Fsp3) is 0.667. The molecule has 0 aromatic carbocycles. The number of hydrogen-bond donors (Lipinski definition) is 1. The van der Waals surface area contributed by atoms with Crippen LogP contribution in [0.5, 0.6) is 0 Å². The Hall–Kier alpha value is -1.96. The Morgan fingerprint density at radius 3 is 2.80 bits per heavy atom. The first kappa shape index (κ1) is 14.4. The molecule has 1 aromatic rings. The Morgan fingerprint density at radius 2 is 2.20 bits per heavy atom. The van der Waals surface area contributed by atoms with E-state index in [0.717, 1.165) is 12.8 Å². The van der Waals surface area contributed by atoms with E-state index in [1.807, 2.05) is 18.9 Å². The van der Waals surface area contributed by atoms with Crippen molar-refractivity contribution >= 4 is 17.3 Å². The van der Waals surface area contributed by atoms with Crippen LogP contribution in [-0.4, -0.2) is 47.7 Å². The summed E-state index contributed by atoms with van der Waals surface area (Å²) in [6.07, 6.45) is 3.04. The summed E-state index contributed by atoms with van der Waals surface area (Å²) in [5.41, 5.74) is -0.0664. The number of nitrogens with one attached hydrogen (secondary N) is 1. The topological polar surface area (TPSA) is 93.4 Å². The summed E-state index contributed by atoms with van der Waals surface area (Å²) >= 11 is 0. The third kappa shape index (κ3) is 2.96. The van der Waals surface area contributed by atoms with Crippen LogP contribution in [0.3, 0.4) is 0 Å². The Balaban J connectivity index is 2.33. The number of ether oxygens (including phenoxy) is 1. The van der Waals surface area contributed by atoms with Crippen molar-refractivity contribution in [2.75, 3.05) is 37.0 Å². The van der Waals surface area contributed by atoms with E-state index in [-0.39, 0.29) is 17.5 Å². The SMILES string of the molecule is CCNc1ncnc(N(C)C2CCOCC2)c1[N+](=O)[O-]. The molecule has 110 valence electrons. The third-order valence-corrected chi connectivity index (χ3v) is 3.40. The minimum Gasteiger partial charge on any atom is -0.381 e. The minimum atomic E-state index is -0.427. The Kier molecular flexibility index (Phi) is 4.67. The van der Waals surface area contributed by atoms with Crippen molar-refractivity contribution in [2.45, 2.75) is 25.8 Å². The zero-order valence-corrected chi connectivity index (χ0v) is 11.7. The number of nitrogens with zero attached hydrogens (tertiary/aromatic N) is 4. The van der Waals surface area contributed by atoms with Crippen molar-refractivity contribution in [3.05, 3.63) is 16.4 Å². The summed E-state index contributed by atoms with van der Waals surface area (Å²) in [5.74, 6) is 0.620. The van der Waals surface area contributed by atoms with E-state index in [0.29, 0.717) is 25.6 Å². The quantitative estimate of drug-likeness (QED) is 0.644. The molecular weight excluding hydrogens is 262 g/mol. The highest BCUT2D eigenvalue weighted by Gasteiger charge is 2.29. The summed E-state index contributed by atoms with van der Waals surface area (Å²) in [5, 5.41) is 14.3. The smallest absolute Gasteiger partial charge is 0.353 e.